The Morgan fingerprint density at radius 1 is 1.53 bits per heavy atom. The van der Waals surface area contributed by atoms with E-state index in [2.05, 4.69) is 4.74 Å². The van der Waals surface area contributed by atoms with Gasteiger partial charge in [0.25, 0.3) is 0 Å². The fourth-order valence-corrected chi connectivity index (χ4v) is 2.06. The lowest BCUT2D eigenvalue weighted by Gasteiger charge is -2.12. The van der Waals surface area contributed by atoms with Crippen LogP contribution < -0.4 is 0 Å². The van der Waals surface area contributed by atoms with Crippen LogP contribution in [0.1, 0.15) is 20.3 Å². The lowest BCUT2D eigenvalue weighted by Crippen LogP contribution is -2.20. The number of esters is 1. The van der Waals surface area contributed by atoms with Crippen LogP contribution in [0, 0.1) is 11.3 Å². The molecule has 1 unspecified atom stereocenters. The third-order valence-electron chi connectivity index (χ3n) is 1.62. The van der Waals surface area contributed by atoms with E-state index in [-0.39, 0.29) is 24.9 Å². The smallest absolute Gasteiger partial charge is 0.351 e. The van der Waals surface area contributed by atoms with Gasteiger partial charge in [-0.15, -0.1) is 0 Å². The maximum absolute atomic E-state index is 11.0. The molecule has 0 spiro atoms. The predicted molar refractivity (Wildman–Crippen MR) is 55.1 cm³/mol. The standard InChI is InChI=1S/C8H16NO5P/c1-3-14-8(10)7(9)4-6(2)5-15(11,12)13/h6,9H,3-5H2,1-2H3,(H2,11,12,13). The monoisotopic (exact) mass is 237 g/mol. The van der Waals surface area contributed by atoms with Crippen molar-refractivity contribution in [3.63, 3.8) is 0 Å². The molecule has 0 aromatic rings. The number of rotatable bonds is 6. The van der Waals surface area contributed by atoms with Crippen molar-refractivity contribution in [3.05, 3.63) is 0 Å². The van der Waals surface area contributed by atoms with Crippen molar-refractivity contribution < 1.29 is 23.9 Å². The Hall–Kier alpha value is -0.710. The van der Waals surface area contributed by atoms with Crippen LogP contribution in [-0.2, 0) is 14.1 Å². The van der Waals surface area contributed by atoms with Gasteiger partial charge in [0.15, 0.2) is 0 Å². The van der Waals surface area contributed by atoms with E-state index < -0.39 is 19.5 Å². The molecule has 0 heterocycles. The van der Waals surface area contributed by atoms with Crippen molar-refractivity contribution in [2.75, 3.05) is 12.8 Å². The second kappa shape index (κ2) is 6.00. The molecule has 7 heteroatoms. The molecule has 0 rings (SSSR count). The average molecular weight is 237 g/mol. The molecule has 0 aromatic heterocycles. The molecule has 0 saturated heterocycles. The largest absolute Gasteiger partial charge is 0.462 e. The summed E-state index contributed by atoms with van der Waals surface area (Å²) in [5, 5.41) is 7.31. The molecule has 1 atom stereocenters. The minimum absolute atomic E-state index is 0.0178. The van der Waals surface area contributed by atoms with E-state index in [1.165, 1.54) is 0 Å². The second-order valence-electron chi connectivity index (χ2n) is 3.36. The number of hydrogen-bond acceptors (Lipinski definition) is 4. The highest BCUT2D eigenvalue weighted by molar-refractivity contribution is 7.51. The van der Waals surface area contributed by atoms with E-state index in [4.69, 9.17) is 15.2 Å². The van der Waals surface area contributed by atoms with Gasteiger partial charge in [0, 0.05) is 0 Å². The Morgan fingerprint density at radius 2 is 2.07 bits per heavy atom. The van der Waals surface area contributed by atoms with Crippen molar-refractivity contribution in [2.45, 2.75) is 20.3 Å². The zero-order valence-corrected chi connectivity index (χ0v) is 9.66. The minimum Gasteiger partial charge on any atom is -0.462 e. The summed E-state index contributed by atoms with van der Waals surface area (Å²) < 4.78 is 15.2. The summed E-state index contributed by atoms with van der Waals surface area (Å²) in [6, 6.07) is 0. The van der Waals surface area contributed by atoms with E-state index in [0.29, 0.717) is 0 Å². The first-order valence-electron chi connectivity index (χ1n) is 4.55. The summed E-state index contributed by atoms with van der Waals surface area (Å²) in [7, 11) is -4.07. The van der Waals surface area contributed by atoms with E-state index in [0.717, 1.165) is 0 Å². The molecule has 88 valence electrons. The fraction of sp³-hybridized carbons (Fsp3) is 0.750. The molecule has 6 nitrogen and oxygen atoms in total. The summed E-state index contributed by atoms with van der Waals surface area (Å²) in [5.74, 6) is -1.14. The van der Waals surface area contributed by atoms with Gasteiger partial charge in [-0.05, 0) is 19.3 Å². The fourth-order valence-electron chi connectivity index (χ4n) is 1.12. The molecule has 0 amide bonds. The molecule has 0 radical (unpaired) electrons. The van der Waals surface area contributed by atoms with Gasteiger partial charge in [0.2, 0.25) is 0 Å². The average Bonchev–Trinajstić information content (AvgIpc) is 2.00. The van der Waals surface area contributed by atoms with Crippen LogP contribution in [0.15, 0.2) is 0 Å². The molecule has 0 aromatic carbocycles. The van der Waals surface area contributed by atoms with Crippen LogP contribution in [0.25, 0.3) is 0 Å². The van der Waals surface area contributed by atoms with Gasteiger partial charge in [-0.25, -0.2) is 4.79 Å². The molecule has 0 saturated carbocycles. The zero-order valence-electron chi connectivity index (χ0n) is 8.77. The van der Waals surface area contributed by atoms with E-state index in [9.17, 15) is 9.36 Å². The highest BCUT2D eigenvalue weighted by Crippen LogP contribution is 2.37. The molecule has 0 aliphatic carbocycles. The van der Waals surface area contributed by atoms with E-state index >= 15 is 0 Å². The first kappa shape index (κ1) is 14.3. The number of carbonyl (C=O) groups excluding carboxylic acids is 1. The first-order valence-corrected chi connectivity index (χ1v) is 6.35. The highest BCUT2D eigenvalue weighted by atomic mass is 31.2. The van der Waals surface area contributed by atoms with Gasteiger partial charge in [-0.2, -0.15) is 0 Å². The molecular weight excluding hydrogens is 221 g/mol. The third-order valence-corrected chi connectivity index (χ3v) is 2.72. The van der Waals surface area contributed by atoms with Crippen molar-refractivity contribution >= 4 is 19.3 Å². The summed E-state index contributed by atoms with van der Waals surface area (Å²) in [4.78, 5) is 28.3. The number of carbonyl (C=O) groups is 1. The number of ether oxygens (including phenoxy) is 1. The Morgan fingerprint density at radius 3 is 2.47 bits per heavy atom. The highest BCUT2D eigenvalue weighted by Gasteiger charge is 2.21. The Kier molecular flexibility index (Phi) is 5.72. The van der Waals surface area contributed by atoms with Crippen LogP contribution in [0.3, 0.4) is 0 Å². The lowest BCUT2D eigenvalue weighted by molar-refractivity contribution is -0.135. The van der Waals surface area contributed by atoms with Gasteiger partial charge in [0.1, 0.15) is 5.71 Å². The Balaban J connectivity index is 4.07. The van der Waals surface area contributed by atoms with Crippen LogP contribution in [0.2, 0.25) is 0 Å². The normalized spacial score (nSPS) is 13.3. The van der Waals surface area contributed by atoms with Crippen LogP contribution in [-0.4, -0.2) is 34.2 Å². The number of nitrogens with one attached hydrogen (secondary N) is 1. The van der Waals surface area contributed by atoms with Crippen molar-refractivity contribution in [3.8, 4) is 0 Å². The van der Waals surface area contributed by atoms with E-state index in [1.807, 2.05) is 0 Å². The van der Waals surface area contributed by atoms with Crippen molar-refractivity contribution in [1.82, 2.24) is 0 Å². The molecule has 0 aliphatic heterocycles. The Labute approximate surface area is 88.3 Å². The van der Waals surface area contributed by atoms with Crippen molar-refractivity contribution in [1.29, 1.82) is 5.41 Å². The maximum atomic E-state index is 11.0. The van der Waals surface area contributed by atoms with E-state index in [1.54, 1.807) is 13.8 Å². The molecule has 3 N–H and O–H groups in total. The quantitative estimate of drug-likeness (QED) is 0.359. The topological polar surface area (TPSA) is 108 Å². The predicted octanol–water partition coefficient (Wildman–Crippen LogP) is 0.773. The third kappa shape index (κ3) is 7.25. The second-order valence-corrected chi connectivity index (χ2v) is 5.05. The van der Waals surface area contributed by atoms with Gasteiger partial charge < -0.3 is 14.5 Å². The summed E-state index contributed by atoms with van der Waals surface area (Å²) in [6.45, 7) is 3.39. The maximum Gasteiger partial charge on any atom is 0.351 e. The Bertz CT molecular complexity index is 285. The van der Waals surface area contributed by atoms with Crippen LogP contribution in [0.4, 0.5) is 0 Å². The zero-order chi connectivity index (χ0) is 12.1. The van der Waals surface area contributed by atoms with Gasteiger partial charge in [0.05, 0.1) is 12.8 Å². The van der Waals surface area contributed by atoms with Gasteiger partial charge >= 0.3 is 13.6 Å². The SMILES string of the molecule is CCOC(=O)C(=N)CC(C)CP(=O)(O)O. The number of hydrogen-bond donors (Lipinski definition) is 3. The molecule has 15 heavy (non-hydrogen) atoms. The molecule has 0 fully saturated rings. The lowest BCUT2D eigenvalue weighted by atomic mass is 10.1. The van der Waals surface area contributed by atoms with Gasteiger partial charge in [-0.3, -0.25) is 9.97 Å². The minimum atomic E-state index is -4.07. The summed E-state index contributed by atoms with van der Waals surface area (Å²) >= 11 is 0. The molecular formula is C8H16NO5P. The molecule has 0 bridgehead atoms. The first-order chi connectivity index (χ1) is 6.76. The van der Waals surface area contributed by atoms with Crippen LogP contribution >= 0.6 is 7.60 Å². The van der Waals surface area contributed by atoms with Gasteiger partial charge in [-0.1, -0.05) is 6.92 Å². The van der Waals surface area contributed by atoms with Crippen molar-refractivity contribution in [2.24, 2.45) is 5.92 Å². The summed E-state index contributed by atoms with van der Waals surface area (Å²) in [5.41, 5.74) is -0.252. The summed E-state index contributed by atoms with van der Waals surface area (Å²) in [6.07, 6.45) is -0.307. The molecule has 0 aliphatic rings. The van der Waals surface area contributed by atoms with Crippen LogP contribution in [0.5, 0.6) is 0 Å².